The number of rotatable bonds is 5. The van der Waals surface area contributed by atoms with Crippen LogP contribution in [0.2, 0.25) is 0 Å². The number of halogens is 2. The van der Waals surface area contributed by atoms with Gasteiger partial charge in [0.05, 0.1) is 4.90 Å². The standard InChI is InChI=1S/C21H14Br2O5S/c22-15-8-5-13(6-9-15)21(26)20(11-14-7-10-16(24)12-18(14)25)29(27,28)19-4-2-1-3-17(19)23/h1-12,24-25H/b20-11+. The smallest absolute Gasteiger partial charge is 0.211 e. The minimum atomic E-state index is -4.23. The van der Waals surface area contributed by atoms with Crippen LogP contribution < -0.4 is 0 Å². The van der Waals surface area contributed by atoms with Crippen molar-refractivity contribution in [1.82, 2.24) is 0 Å². The number of phenolic OH excluding ortho intramolecular Hbond substituents is 2. The van der Waals surface area contributed by atoms with E-state index in [-0.39, 0.29) is 27.5 Å². The van der Waals surface area contributed by atoms with Gasteiger partial charge in [-0.1, -0.05) is 28.1 Å². The van der Waals surface area contributed by atoms with Crippen molar-refractivity contribution in [2.45, 2.75) is 4.90 Å². The van der Waals surface area contributed by atoms with Gasteiger partial charge < -0.3 is 10.2 Å². The van der Waals surface area contributed by atoms with Crippen LogP contribution in [0.25, 0.3) is 6.08 Å². The summed E-state index contributed by atoms with van der Waals surface area (Å²) in [7, 11) is -4.23. The second-order valence-corrected chi connectivity index (χ2v) is 9.68. The SMILES string of the molecule is O=C(/C(=C\c1ccc(O)cc1O)S(=O)(=O)c1ccccc1Br)c1ccc(Br)cc1. The number of allylic oxidation sites excluding steroid dienone is 1. The summed E-state index contributed by atoms with van der Waals surface area (Å²) in [5, 5.41) is 19.6. The summed E-state index contributed by atoms with van der Waals surface area (Å²) in [4.78, 5) is 12.6. The Balaban J connectivity index is 2.24. The normalized spacial score (nSPS) is 12.0. The molecule has 0 amide bonds. The largest absolute Gasteiger partial charge is 0.508 e. The average molecular weight is 538 g/mol. The molecule has 0 radical (unpaired) electrons. The third-order valence-corrected chi connectivity index (χ3v) is 7.35. The van der Waals surface area contributed by atoms with Crippen LogP contribution in [0.1, 0.15) is 15.9 Å². The first-order chi connectivity index (χ1) is 13.7. The van der Waals surface area contributed by atoms with Crippen molar-refractivity contribution >= 4 is 53.6 Å². The molecule has 29 heavy (non-hydrogen) atoms. The monoisotopic (exact) mass is 536 g/mol. The van der Waals surface area contributed by atoms with Gasteiger partial charge in [0.2, 0.25) is 15.6 Å². The number of hydrogen-bond donors (Lipinski definition) is 2. The summed E-state index contributed by atoms with van der Waals surface area (Å²) < 4.78 is 27.8. The molecule has 8 heteroatoms. The van der Waals surface area contributed by atoms with Gasteiger partial charge in [0.25, 0.3) is 0 Å². The molecule has 3 aromatic rings. The highest BCUT2D eigenvalue weighted by Gasteiger charge is 2.30. The maximum absolute atomic E-state index is 13.4. The van der Waals surface area contributed by atoms with Gasteiger partial charge >= 0.3 is 0 Å². The number of ketones is 1. The molecule has 0 fully saturated rings. The number of sulfone groups is 1. The van der Waals surface area contributed by atoms with Gasteiger partial charge in [-0.2, -0.15) is 0 Å². The van der Waals surface area contributed by atoms with Crippen molar-refractivity contribution in [3.05, 3.63) is 91.7 Å². The first kappa shape index (κ1) is 21.3. The summed E-state index contributed by atoms with van der Waals surface area (Å²) in [6.45, 7) is 0. The predicted molar refractivity (Wildman–Crippen MR) is 118 cm³/mol. The summed E-state index contributed by atoms with van der Waals surface area (Å²) >= 11 is 6.50. The average Bonchev–Trinajstić information content (AvgIpc) is 2.67. The lowest BCUT2D eigenvalue weighted by Gasteiger charge is -2.11. The minimum Gasteiger partial charge on any atom is -0.508 e. The van der Waals surface area contributed by atoms with Crippen molar-refractivity contribution in [1.29, 1.82) is 0 Å². The Labute approximate surface area is 184 Å². The Morgan fingerprint density at radius 2 is 1.55 bits per heavy atom. The van der Waals surface area contributed by atoms with E-state index in [2.05, 4.69) is 31.9 Å². The fraction of sp³-hybridized carbons (Fsp3) is 0. The van der Waals surface area contributed by atoms with Gasteiger partial charge in [0.15, 0.2) is 0 Å². The lowest BCUT2D eigenvalue weighted by molar-refractivity contribution is 0.104. The number of benzene rings is 3. The lowest BCUT2D eigenvalue weighted by atomic mass is 10.1. The van der Waals surface area contributed by atoms with Crippen LogP contribution in [0.3, 0.4) is 0 Å². The molecule has 5 nitrogen and oxygen atoms in total. The van der Waals surface area contributed by atoms with Crippen LogP contribution in [0, 0.1) is 0 Å². The Kier molecular flexibility index (Phi) is 6.26. The molecule has 0 unspecified atom stereocenters. The van der Waals surface area contributed by atoms with E-state index in [1.165, 1.54) is 30.3 Å². The molecule has 0 aromatic heterocycles. The van der Waals surface area contributed by atoms with Crippen LogP contribution in [-0.2, 0) is 9.84 Å². The first-order valence-electron chi connectivity index (χ1n) is 8.23. The summed E-state index contributed by atoms with van der Waals surface area (Å²) in [5.74, 6) is -1.26. The van der Waals surface area contributed by atoms with Crippen molar-refractivity contribution in [3.63, 3.8) is 0 Å². The lowest BCUT2D eigenvalue weighted by Crippen LogP contribution is -2.15. The molecule has 3 rings (SSSR count). The highest BCUT2D eigenvalue weighted by molar-refractivity contribution is 9.10. The molecular weight excluding hydrogens is 524 g/mol. The quantitative estimate of drug-likeness (QED) is 0.339. The molecule has 0 spiro atoms. The van der Waals surface area contributed by atoms with Gasteiger partial charge in [0.1, 0.15) is 16.4 Å². The van der Waals surface area contributed by atoms with E-state index >= 15 is 0 Å². The number of carbonyl (C=O) groups is 1. The Hall–Kier alpha value is -2.42. The van der Waals surface area contributed by atoms with E-state index in [1.807, 2.05) is 0 Å². The number of carbonyl (C=O) groups excluding carboxylic acids is 1. The molecule has 0 bridgehead atoms. The molecule has 148 valence electrons. The molecule has 2 N–H and O–H groups in total. The van der Waals surface area contributed by atoms with Gasteiger partial charge in [0, 0.05) is 26.1 Å². The van der Waals surface area contributed by atoms with Crippen LogP contribution in [0.5, 0.6) is 11.5 Å². The second-order valence-electron chi connectivity index (χ2n) is 6.02. The Morgan fingerprint density at radius 3 is 2.17 bits per heavy atom. The van der Waals surface area contributed by atoms with Gasteiger partial charge in [-0.25, -0.2) is 8.42 Å². The fourth-order valence-electron chi connectivity index (χ4n) is 2.59. The van der Waals surface area contributed by atoms with E-state index in [1.54, 1.807) is 30.3 Å². The van der Waals surface area contributed by atoms with E-state index < -0.39 is 20.5 Å². The topological polar surface area (TPSA) is 91.7 Å². The molecule has 3 aromatic carbocycles. The molecule has 0 saturated heterocycles. The molecule has 0 aliphatic carbocycles. The summed E-state index contributed by atoms with van der Waals surface area (Å²) in [5.41, 5.74) is 0.257. The predicted octanol–water partition coefficient (Wildman–Crippen LogP) is 5.32. The van der Waals surface area contributed by atoms with Crippen molar-refractivity contribution < 1.29 is 23.4 Å². The van der Waals surface area contributed by atoms with E-state index in [9.17, 15) is 23.4 Å². The second kappa shape index (κ2) is 8.52. The zero-order valence-electron chi connectivity index (χ0n) is 14.7. The summed E-state index contributed by atoms with van der Waals surface area (Å²) in [6, 6.07) is 16.1. The van der Waals surface area contributed by atoms with Gasteiger partial charge in [-0.3, -0.25) is 4.79 Å². The Bertz CT molecular complexity index is 1220. The number of phenols is 2. The summed E-state index contributed by atoms with van der Waals surface area (Å²) in [6.07, 6.45) is 1.11. The molecule has 0 atom stereocenters. The molecule has 0 heterocycles. The van der Waals surface area contributed by atoms with Crippen LogP contribution in [-0.4, -0.2) is 24.4 Å². The zero-order valence-corrected chi connectivity index (χ0v) is 18.7. The molecular formula is C21H14Br2O5S. The minimum absolute atomic E-state index is 0.0741. The number of Topliss-reactive ketones (excluding diaryl/α,β-unsaturated/α-hetero) is 1. The zero-order chi connectivity index (χ0) is 21.2. The third kappa shape index (κ3) is 4.60. The molecule has 0 saturated carbocycles. The maximum Gasteiger partial charge on any atom is 0.211 e. The van der Waals surface area contributed by atoms with Gasteiger partial charge in [-0.15, -0.1) is 0 Å². The molecule has 0 aliphatic rings. The fourth-order valence-corrected chi connectivity index (χ4v) is 5.24. The van der Waals surface area contributed by atoms with E-state index in [4.69, 9.17) is 0 Å². The maximum atomic E-state index is 13.4. The Morgan fingerprint density at radius 1 is 0.897 bits per heavy atom. The molecule has 0 aliphatic heterocycles. The number of hydrogen-bond acceptors (Lipinski definition) is 5. The highest BCUT2D eigenvalue weighted by atomic mass is 79.9. The van der Waals surface area contributed by atoms with Gasteiger partial charge in [-0.05, 0) is 70.5 Å². The van der Waals surface area contributed by atoms with E-state index in [0.717, 1.165) is 16.6 Å². The number of aromatic hydroxyl groups is 2. The van der Waals surface area contributed by atoms with Crippen molar-refractivity contribution in [3.8, 4) is 11.5 Å². The van der Waals surface area contributed by atoms with Crippen molar-refractivity contribution in [2.75, 3.05) is 0 Å². The highest BCUT2D eigenvalue weighted by Crippen LogP contribution is 2.32. The van der Waals surface area contributed by atoms with E-state index in [0.29, 0.717) is 4.47 Å². The third-order valence-electron chi connectivity index (χ3n) is 4.05. The van der Waals surface area contributed by atoms with Crippen molar-refractivity contribution in [2.24, 2.45) is 0 Å². The first-order valence-corrected chi connectivity index (χ1v) is 11.3. The van der Waals surface area contributed by atoms with Crippen LogP contribution >= 0.6 is 31.9 Å². The van der Waals surface area contributed by atoms with Crippen LogP contribution in [0.4, 0.5) is 0 Å². The van der Waals surface area contributed by atoms with Crippen LogP contribution in [0.15, 0.2) is 85.5 Å².